The second-order valence-electron chi connectivity index (χ2n) is 6.95. The van der Waals surface area contributed by atoms with Gasteiger partial charge in [0, 0.05) is 5.02 Å². The predicted molar refractivity (Wildman–Crippen MR) is 113 cm³/mol. The van der Waals surface area contributed by atoms with E-state index < -0.39 is 5.25 Å². The van der Waals surface area contributed by atoms with Crippen molar-refractivity contribution < 1.29 is 23.9 Å². The molecule has 2 aromatic carbocycles. The highest BCUT2D eigenvalue weighted by Gasteiger charge is 2.32. The Balaban J connectivity index is 1.25. The molecule has 0 aromatic heterocycles. The topological polar surface area (TPSA) is 84.9 Å². The van der Waals surface area contributed by atoms with Crippen LogP contribution in [0.15, 0.2) is 48.5 Å². The van der Waals surface area contributed by atoms with Gasteiger partial charge in [-0.15, -0.1) is 0 Å². The lowest BCUT2D eigenvalue weighted by Gasteiger charge is -2.14. The van der Waals surface area contributed by atoms with Crippen molar-refractivity contribution >= 4 is 40.6 Å². The van der Waals surface area contributed by atoms with Gasteiger partial charge >= 0.3 is 6.09 Å². The molecule has 2 aromatic rings. The van der Waals surface area contributed by atoms with E-state index in [1.807, 2.05) is 36.4 Å². The number of ether oxygens (including phenoxy) is 2. The molecule has 0 radical (unpaired) electrons. The summed E-state index contributed by atoms with van der Waals surface area (Å²) in [6, 6.07) is 14.6. The van der Waals surface area contributed by atoms with E-state index in [0.717, 1.165) is 22.9 Å². The molecular weight excluding hydrogens is 428 g/mol. The van der Waals surface area contributed by atoms with Crippen molar-refractivity contribution in [3.05, 3.63) is 64.7 Å². The SMILES string of the molecule is O=C1NC(=O)C(Cc2ccc(OCCN3CC(c4cccc(Cl)c4)OC3=O)cc2)S1. The largest absolute Gasteiger partial charge is 0.492 e. The molecule has 4 rings (SSSR count). The van der Waals surface area contributed by atoms with E-state index >= 15 is 0 Å². The number of amides is 3. The summed E-state index contributed by atoms with van der Waals surface area (Å²) >= 11 is 7.02. The van der Waals surface area contributed by atoms with Gasteiger partial charge in [-0.2, -0.15) is 0 Å². The second-order valence-corrected chi connectivity index (χ2v) is 8.57. The molecule has 0 saturated carbocycles. The molecule has 30 heavy (non-hydrogen) atoms. The van der Waals surface area contributed by atoms with E-state index in [9.17, 15) is 14.4 Å². The maximum absolute atomic E-state index is 12.1. The van der Waals surface area contributed by atoms with Gasteiger partial charge in [-0.1, -0.05) is 47.6 Å². The van der Waals surface area contributed by atoms with E-state index in [1.165, 1.54) is 0 Å². The molecule has 0 spiro atoms. The van der Waals surface area contributed by atoms with E-state index in [2.05, 4.69) is 5.32 Å². The number of benzene rings is 2. The maximum Gasteiger partial charge on any atom is 0.410 e. The van der Waals surface area contributed by atoms with Gasteiger partial charge in [0.05, 0.1) is 18.3 Å². The van der Waals surface area contributed by atoms with E-state index in [1.54, 1.807) is 17.0 Å². The number of carbonyl (C=O) groups excluding carboxylic acids is 3. The molecule has 7 nitrogen and oxygen atoms in total. The summed E-state index contributed by atoms with van der Waals surface area (Å²) in [7, 11) is 0. The minimum absolute atomic E-state index is 0.251. The molecule has 2 fully saturated rings. The number of rotatable bonds is 7. The summed E-state index contributed by atoms with van der Waals surface area (Å²) in [5.74, 6) is 0.413. The van der Waals surface area contributed by atoms with Gasteiger partial charge in [0.25, 0.3) is 5.24 Å². The molecule has 2 unspecified atom stereocenters. The molecule has 2 aliphatic heterocycles. The Morgan fingerprint density at radius 2 is 1.97 bits per heavy atom. The molecule has 1 N–H and O–H groups in total. The average Bonchev–Trinajstić information content (AvgIpc) is 3.24. The Morgan fingerprint density at radius 1 is 1.17 bits per heavy atom. The van der Waals surface area contributed by atoms with Gasteiger partial charge in [-0.05, 0) is 41.8 Å². The van der Waals surface area contributed by atoms with E-state index in [-0.39, 0.29) is 23.3 Å². The standard InChI is InChI=1S/C21H19ClN2O5S/c22-15-3-1-2-14(11-15)17-12-24(21(27)29-17)8-9-28-16-6-4-13(5-7-16)10-18-19(25)23-20(26)30-18/h1-7,11,17-18H,8-10,12H2,(H,23,25,26). The molecule has 0 aliphatic carbocycles. The van der Waals surface area contributed by atoms with Crippen LogP contribution in [0.1, 0.15) is 17.2 Å². The molecule has 2 atom stereocenters. The third-order valence-electron chi connectivity index (χ3n) is 4.85. The normalized spacial score (nSPS) is 21.0. The summed E-state index contributed by atoms with van der Waals surface area (Å²) in [4.78, 5) is 36.6. The minimum atomic E-state index is -0.391. The maximum atomic E-state index is 12.1. The smallest absolute Gasteiger partial charge is 0.410 e. The Morgan fingerprint density at radius 3 is 2.67 bits per heavy atom. The Bertz CT molecular complexity index is 968. The van der Waals surface area contributed by atoms with Gasteiger partial charge in [0.1, 0.15) is 18.5 Å². The molecule has 2 heterocycles. The van der Waals surface area contributed by atoms with E-state index in [4.69, 9.17) is 21.1 Å². The van der Waals surface area contributed by atoms with Crippen LogP contribution in [0.4, 0.5) is 9.59 Å². The fraction of sp³-hybridized carbons (Fsp3) is 0.286. The molecular formula is C21H19ClN2O5S. The zero-order valence-electron chi connectivity index (χ0n) is 15.9. The van der Waals surface area contributed by atoms with Crippen LogP contribution in [-0.2, 0) is 16.0 Å². The number of cyclic esters (lactones) is 1. The molecule has 2 aliphatic rings. The highest BCUT2D eigenvalue weighted by Crippen LogP contribution is 2.28. The van der Waals surface area contributed by atoms with Crippen molar-refractivity contribution in [3.63, 3.8) is 0 Å². The molecule has 0 bridgehead atoms. The summed E-state index contributed by atoms with van der Waals surface area (Å²) in [6.07, 6.45) is -0.235. The summed E-state index contributed by atoms with van der Waals surface area (Å²) < 4.78 is 11.2. The van der Waals surface area contributed by atoms with Crippen LogP contribution in [0.3, 0.4) is 0 Å². The number of nitrogens with zero attached hydrogens (tertiary/aromatic N) is 1. The van der Waals surface area contributed by atoms with Gasteiger partial charge < -0.3 is 14.4 Å². The quantitative estimate of drug-likeness (QED) is 0.696. The first-order valence-electron chi connectivity index (χ1n) is 9.42. The Labute approximate surface area is 182 Å². The molecule has 3 amide bonds. The van der Waals surface area contributed by atoms with Crippen molar-refractivity contribution in [3.8, 4) is 5.75 Å². The number of carbonyl (C=O) groups is 3. The van der Waals surface area contributed by atoms with E-state index in [0.29, 0.717) is 36.9 Å². The van der Waals surface area contributed by atoms with Crippen molar-refractivity contribution in [2.75, 3.05) is 19.7 Å². The monoisotopic (exact) mass is 446 g/mol. The van der Waals surface area contributed by atoms with Gasteiger partial charge in [-0.25, -0.2) is 4.79 Å². The lowest BCUT2D eigenvalue weighted by atomic mass is 10.1. The Hall–Kier alpha value is -2.71. The van der Waals surface area contributed by atoms with Crippen LogP contribution in [-0.4, -0.2) is 47.1 Å². The van der Waals surface area contributed by atoms with Crippen LogP contribution in [0.5, 0.6) is 5.75 Å². The first-order chi connectivity index (χ1) is 14.5. The summed E-state index contributed by atoms with van der Waals surface area (Å²) in [5.41, 5.74) is 1.81. The number of imide groups is 1. The van der Waals surface area contributed by atoms with Gasteiger partial charge in [0.15, 0.2) is 0 Å². The van der Waals surface area contributed by atoms with Crippen LogP contribution >= 0.6 is 23.4 Å². The van der Waals surface area contributed by atoms with Crippen molar-refractivity contribution in [2.24, 2.45) is 0 Å². The van der Waals surface area contributed by atoms with Gasteiger partial charge in [0.2, 0.25) is 5.91 Å². The highest BCUT2D eigenvalue weighted by molar-refractivity contribution is 8.15. The average molecular weight is 447 g/mol. The third-order valence-corrected chi connectivity index (χ3v) is 6.07. The summed E-state index contributed by atoms with van der Waals surface area (Å²) in [6.45, 7) is 1.17. The third kappa shape index (κ3) is 4.88. The lowest BCUT2D eigenvalue weighted by molar-refractivity contribution is -0.118. The predicted octanol–water partition coefficient (Wildman–Crippen LogP) is 3.81. The fourth-order valence-electron chi connectivity index (χ4n) is 3.31. The van der Waals surface area contributed by atoms with Crippen LogP contribution in [0, 0.1) is 0 Å². The van der Waals surface area contributed by atoms with Crippen LogP contribution in [0.2, 0.25) is 5.02 Å². The Kier molecular flexibility index (Phi) is 6.15. The first-order valence-corrected chi connectivity index (χ1v) is 10.7. The van der Waals surface area contributed by atoms with Crippen molar-refractivity contribution in [1.29, 1.82) is 0 Å². The first kappa shape index (κ1) is 20.6. The van der Waals surface area contributed by atoms with Gasteiger partial charge in [-0.3, -0.25) is 14.9 Å². The molecule has 9 heteroatoms. The lowest BCUT2D eigenvalue weighted by Crippen LogP contribution is -2.29. The molecule has 2 saturated heterocycles. The number of hydrogen-bond acceptors (Lipinski definition) is 6. The minimum Gasteiger partial charge on any atom is -0.492 e. The molecule has 156 valence electrons. The number of hydrogen-bond donors (Lipinski definition) is 1. The highest BCUT2D eigenvalue weighted by atomic mass is 35.5. The van der Waals surface area contributed by atoms with Crippen LogP contribution in [0.25, 0.3) is 0 Å². The van der Waals surface area contributed by atoms with Crippen molar-refractivity contribution in [1.82, 2.24) is 10.2 Å². The zero-order valence-corrected chi connectivity index (χ0v) is 17.4. The number of thioether (sulfide) groups is 1. The fourth-order valence-corrected chi connectivity index (χ4v) is 4.37. The van der Waals surface area contributed by atoms with Crippen LogP contribution < -0.4 is 10.1 Å². The number of halogens is 1. The van der Waals surface area contributed by atoms with Crippen molar-refractivity contribution in [2.45, 2.75) is 17.8 Å². The zero-order chi connectivity index (χ0) is 21.1. The summed E-state index contributed by atoms with van der Waals surface area (Å²) in [5, 5.41) is 2.19. The number of nitrogens with one attached hydrogen (secondary N) is 1. The second kappa shape index (κ2) is 8.97.